The Balaban J connectivity index is 1.46. The maximum atomic E-state index is 12.5. The van der Waals surface area contributed by atoms with Crippen molar-refractivity contribution in [3.05, 3.63) is 35.9 Å². The molecule has 0 unspecified atom stereocenters. The van der Waals surface area contributed by atoms with E-state index in [0.717, 1.165) is 18.7 Å². The molecule has 2 fully saturated rings. The molecule has 3 aliphatic heterocycles. The van der Waals surface area contributed by atoms with E-state index in [2.05, 4.69) is 17.5 Å². The van der Waals surface area contributed by atoms with Gasteiger partial charge in [-0.05, 0) is 24.6 Å². The number of hydrogen-bond donors (Lipinski definition) is 1. The molecule has 3 aliphatic rings. The lowest BCUT2D eigenvalue weighted by Gasteiger charge is -2.20. The van der Waals surface area contributed by atoms with Crippen molar-refractivity contribution in [3.8, 4) is 5.75 Å². The Morgan fingerprint density at radius 3 is 2.59 bits per heavy atom. The average molecular weight is 300 g/mol. The van der Waals surface area contributed by atoms with Crippen molar-refractivity contribution in [1.29, 1.82) is 0 Å². The van der Waals surface area contributed by atoms with Gasteiger partial charge >= 0.3 is 6.03 Å². The Hall–Kier alpha value is -2.01. The zero-order valence-electron chi connectivity index (χ0n) is 12.8. The summed E-state index contributed by atoms with van der Waals surface area (Å²) < 4.78 is 11.2. The zero-order chi connectivity index (χ0) is 15.3. The molecular weight excluding hydrogens is 280 g/mol. The fourth-order valence-corrected chi connectivity index (χ4v) is 3.79. The second-order valence-corrected chi connectivity index (χ2v) is 6.32. The molecule has 2 bridgehead atoms. The molecular formula is C17H20N2O3. The third kappa shape index (κ3) is 2.08. The number of carbonyl (C=O) groups excluding carboxylic acids is 1. The number of aryl methyl sites for hydroxylation is 1. The van der Waals surface area contributed by atoms with Crippen molar-refractivity contribution in [2.45, 2.75) is 19.1 Å². The molecule has 4 rings (SSSR count). The number of nitrogens with zero attached hydrogens (tertiary/aromatic N) is 1. The van der Waals surface area contributed by atoms with Gasteiger partial charge in [0.05, 0.1) is 25.0 Å². The Morgan fingerprint density at radius 2 is 1.95 bits per heavy atom. The third-order valence-electron chi connectivity index (χ3n) is 4.95. The van der Waals surface area contributed by atoms with Crippen molar-refractivity contribution < 1.29 is 14.3 Å². The predicted molar refractivity (Wildman–Crippen MR) is 83.1 cm³/mol. The van der Waals surface area contributed by atoms with E-state index in [1.165, 1.54) is 0 Å². The fraction of sp³-hybridized carbons (Fsp3) is 0.471. The van der Waals surface area contributed by atoms with Crippen LogP contribution in [0.4, 0.5) is 10.5 Å². The van der Waals surface area contributed by atoms with Crippen LogP contribution in [0.3, 0.4) is 0 Å². The molecule has 22 heavy (non-hydrogen) atoms. The molecule has 0 saturated carbocycles. The van der Waals surface area contributed by atoms with Gasteiger partial charge in [-0.2, -0.15) is 0 Å². The summed E-state index contributed by atoms with van der Waals surface area (Å²) in [5.41, 5.74) is 1.82. The molecule has 1 N–H and O–H groups in total. The molecule has 5 heteroatoms. The summed E-state index contributed by atoms with van der Waals surface area (Å²) in [5.74, 6) is 1.58. The predicted octanol–water partition coefficient (Wildman–Crippen LogP) is 2.42. The van der Waals surface area contributed by atoms with Crippen LogP contribution >= 0.6 is 0 Å². The second kappa shape index (κ2) is 5.02. The van der Waals surface area contributed by atoms with Gasteiger partial charge in [0.2, 0.25) is 0 Å². The van der Waals surface area contributed by atoms with Crippen LogP contribution in [-0.4, -0.2) is 43.3 Å². The minimum Gasteiger partial charge on any atom is -0.495 e. The fourth-order valence-electron chi connectivity index (χ4n) is 3.79. The lowest BCUT2D eigenvalue weighted by atomic mass is 9.86. The van der Waals surface area contributed by atoms with Gasteiger partial charge in [-0.15, -0.1) is 0 Å². The minimum atomic E-state index is -0.0593. The SMILES string of the molecule is COc1cc(C)ccc1NC(=O)N1C[C@@H]2[C@H](C1)[C@H]1C=C[C@H]2O1. The van der Waals surface area contributed by atoms with Gasteiger partial charge in [-0.25, -0.2) is 4.79 Å². The van der Waals surface area contributed by atoms with Gasteiger partial charge in [-0.3, -0.25) is 0 Å². The van der Waals surface area contributed by atoms with Crippen molar-refractivity contribution in [3.63, 3.8) is 0 Å². The number of likely N-dealkylation sites (tertiary alicyclic amines) is 1. The monoisotopic (exact) mass is 300 g/mol. The first kappa shape index (κ1) is 13.6. The molecule has 2 saturated heterocycles. The van der Waals surface area contributed by atoms with Gasteiger partial charge < -0.3 is 19.7 Å². The number of amides is 2. The quantitative estimate of drug-likeness (QED) is 0.853. The van der Waals surface area contributed by atoms with Crippen molar-refractivity contribution in [2.24, 2.45) is 11.8 Å². The Morgan fingerprint density at radius 1 is 1.27 bits per heavy atom. The number of fused-ring (bicyclic) bond motifs is 5. The number of ether oxygens (including phenoxy) is 2. The van der Waals surface area contributed by atoms with Crippen LogP contribution in [0, 0.1) is 18.8 Å². The smallest absolute Gasteiger partial charge is 0.321 e. The highest BCUT2D eigenvalue weighted by Gasteiger charge is 2.51. The van der Waals surface area contributed by atoms with E-state index in [0.29, 0.717) is 23.3 Å². The maximum absolute atomic E-state index is 12.5. The maximum Gasteiger partial charge on any atom is 0.321 e. The van der Waals surface area contributed by atoms with Gasteiger partial charge in [0.25, 0.3) is 0 Å². The van der Waals surface area contributed by atoms with Gasteiger partial charge in [0.15, 0.2) is 0 Å². The summed E-state index contributed by atoms with van der Waals surface area (Å²) >= 11 is 0. The van der Waals surface area contributed by atoms with Crippen LogP contribution in [0.5, 0.6) is 5.75 Å². The molecule has 0 radical (unpaired) electrons. The van der Waals surface area contributed by atoms with Crippen LogP contribution in [0.1, 0.15) is 5.56 Å². The van der Waals surface area contributed by atoms with Crippen molar-refractivity contribution in [1.82, 2.24) is 4.90 Å². The standard InChI is InChI=1S/C17H20N2O3/c1-10-3-4-13(16(7-10)21-2)18-17(20)19-8-11-12(9-19)15-6-5-14(11)22-15/h3-7,11-12,14-15H,8-9H2,1-2H3,(H,18,20)/t11-,12+,14-,15-/m1/s1. The first-order valence-corrected chi connectivity index (χ1v) is 7.70. The summed E-state index contributed by atoms with van der Waals surface area (Å²) in [6.07, 6.45) is 4.66. The summed E-state index contributed by atoms with van der Waals surface area (Å²) in [5, 5.41) is 2.97. The molecule has 116 valence electrons. The summed E-state index contributed by atoms with van der Waals surface area (Å²) in [6, 6.07) is 5.72. The number of hydrogen-bond acceptors (Lipinski definition) is 3. The lowest BCUT2D eigenvalue weighted by molar-refractivity contribution is 0.0892. The van der Waals surface area contributed by atoms with Gasteiger partial charge in [-0.1, -0.05) is 18.2 Å². The first-order chi connectivity index (χ1) is 10.7. The lowest BCUT2D eigenvalue weighted by Crippen LogP contribution is -2.35. The summed E-state index contributed by atoms with van der Waals surface area (Å²) in [7, 11) is 1.62. The minimum absolute atomic E-state index is 0.0593. The molecule has 0 aromatic heterocycles. The summed E-state index contributed by atoms with van der Waals surface area (Å²) in [6.45, 7) is 3.52. The molecule has 0 spiro atoms. The Kier molecular flexibility index (Phi) is 3.11. The molecule has 3 heterocycles. The number of urea groups is 1. The van der Waals surface area contributed by atoms with E-state index in [9.17, 15) is 4.79 Å². The van der Waals surface area contributed by atoms with E-state index in [1.54, 1.807) is 7.11 Å². The molecule has 4 atom stereocenters. The van der Waals surface area contributed by atoms with E-state index in [-0.39, 0.29) is 18.2 Å². The zero-order valence-corrected chi connectivity index (χ0v) is 12.8. The van der Waals surface area contributed by atoms with E-state index in [1.807, 2.05) is 30.0 Å². The van der Waals surface area contributed by atoms with Crippen LogP contribution < -0.4 is 10.1 Å². The highest BCUT2D eigenvalue weighted by Crippen LogP contribution is 2.43. The van der Waals surface area contributed by atoms with E-state index in [4.69, 9.17) is 9.47 Å². The highest BCUT2D eigenvalue weighted by atomic mass is 16.5. The van der Waals surface area contributed by atoms with Crippen LogP contribution in [-0.2, 0) is 4.74 Å². The summed E-state index contributed by atoms with van der Waals surface area (Å²) in [4.78, 5) is 14.4. The molecule has 1 aromatic carbocycles. The van der Waals surface area contributed by atoms with Crippen LogP contribution in [0.25, 0.3) is 0 Å². The number of carbonyl (C=O) groups is 1. The van der Waals surface area contributed by atoms with Crippen LogP contribution in [0.15, 0.2) is 30.4 Å². The van der Waals surface area contributed by atoms with Crippen molar-refractivity contribution >= 4 is 11.7 Å². The highest BCUT2D eigenvalue weighted by molar-refractivity contribution is 5.91. The van der Waals surface area contributed by atoms with E-state index < -0.39 is 0 Å². The van der Waals surface area contributed by atoms with Crippen molar-refractivity contribution in [2.75, 3.05) is 25.5 Å². The molecule has 1 aromatic rings. The number of nitrogens with one attached hydrogen (secondary N) is 1. The van der Waals surface area contributed by atoms with Crippen LogP contribution in [0.2, 0.25) is 0 Å². The van der Waals surface area contributed by atoms with Gasteiger partial charge in [0, 0.05) is 24.9 Å². The Labute approximate surface area is 129 Å². The number of methoxy groups -OCH3 is 1. The third-order valence-corrected chi connectivity index (χ3v) is 4.95. The molecule has 2 amide bonds. The number of benzene rings is 1. The Bertz CT molecular complexity index is 623. The largest absolute Gasteiger partial charge is 0.495 e. The van der Waals surface area contributed by atoms with E-state index >= 15 is 0 Å². The first-order valence-electron chi connectivity index (χ1n) is 7.70. The second-order valence-electron chi connectivity index (χ2n) is 6.32. The normalized spacial score (nSPS) is 31.5. The average Bonchev–Trinajstić information content (AvgIpc) is 3.21. The number of anilines is 1. The number of rotatable bonds is 2. The molecule has 0 aliphatic carbocycles. The topological polar surface area (TPSA) is 50.8 Å². The molecule has 5 nitrogen and oxygen atoms in total. The van der Waals surface area contributed by atoms with Gasteiger partial charge in [0.1, 0.15) is 5.75 Å².